The first-order valence-electron chi connectivity index (χ1n) is 5.88. The minimum atomic E-state index is 0.0120. The lowest BCUT2D eigenvalue weighted by atomic mass is 10.1. The van der Waals surface area contributed by atoms with Gasteiger partial charge in [-0.2, -0.15) is 0 Å². The molecule has 0 radical (unpaired) electrons. The molecule has 2 heterocycles. The Labute approximate surface area is 90.8 Å². The summed E-state index contributed by atoms with van der Waals surface area (Å²) in [6.45, 7) is 3.55. The van der Waals surface area contributed by atoms with Crippen molar-refractivity contribution in [2.75, 3.05) is 13.1 Å². The predicted octanol–water partition coefficient (Wildman–Crippen LogP) is 0.504. The van der Waals surface area contributed by atoms with Crippen LogP contribution in [0.3, 0.4) is 0 Å². The van der Waals surface area contributed by atoms with E-state index in [1.165, 1.54) is 0 Å². The van der Waals surface area contributed by atoms with Gasteiger partial charge < -0.3 is 15.4 Å². The molecule has 3 atom stereocenters. The second kappa shape index (κ2) is 4.49. The second-order valence-corrected chi connectivity index (χ2v) is 4.63. The third-order valence-electron chi connectivity index (χ3n) is 3.36. The summed E-state index contributed by atoms with van der Waals surface area (Å²) in [5, 5.41) is 0. The first-order chi connectivity index (χ1) is 7.19. The van der Waals surface area contributed by atoms with E-state index in [2.05, 4.69) is 0 Å². The first kappa shape index (κ1) is 10.9. The summed E-state index contributed by atoms with van der Waals surface area (Å²) in [5.41, 5.74) is 5.79. The fourth-order valence-corrected chi connectivity index (χ4v) is 2.32. The molecule has 2 saturated heterocycles. The van der Waals surface area contributed by atoms with Gasteiger partial charge in [0.15, 0.2) is 0 Å². The highest BCUT2D eigenvalue weighted by molar-refractivity contribution is 5.77. The molecule has 0 aromatic rings. The molecule has 2 N–H and O–H groups in total. The van der Waals surface area contributed by atoms with Crippen LogP contribution in [0, 0.1) is 0 Å². The van der Waals surface area contributed by atoms with Crippen LogP contribution in [0.2, 0.25) is 0 Å². The molecule has 15 heavy (non-hydrogen) atoms. The van der Waals surface area contributed by atoms with Gasteiger partial charge in [-0.3, -0.25) is 4.79 Å². The molecule has 3 unspecified atom stereocenters. The predicted molar refractivity (Wildman–Crippen MR) is 57.4 cm³/mol. The molecule has 2 aliphatic heterocycles. The van der Waals surface area contributed by atoms with E-state index < -0.39 is 0 Å². The maximum atomic E-state index is 11.9. The van der Waals surface area contributed by atoms with E-state index in [9.17, 15) is 4.79 Å². The number of rotatable bonds is 3. The minimum Gasteiger partial charge on any atom is -0.371 e. The fraction of sp³-hybridized carbons (Fsp3) is 0.909. The van der Waals surface area contributed by atoms with Crippen molar-refractivity contribution in [3.63, 3.8) is 0 Å². The Morgan fingerprint density at radius 3 is 2.60 bits per heavy atom. The molecule has 0 aromatic heterocycles. The molecule has 4 nitrogen and oxygen atoms in total. The Bertz CT molecular complexity index is 233. The Morgan fingerprint density at radius 1 is 1.47 bits per heavy atom. The fourth-order valence-electron chi connectivity index (χ4n) is 2.32. The van der Waals surface area contributed by atoms with E-state index in [4.69, 9.17) is 10.5 Å². The van der Waals surface area contributed by atoms with Gasteiger partial charge >= 0.3 is 0 Å². The number of hydrogen-bond acceptors (Lipinski definition) is 3. The van der Waals surface area contributed by atoms with Gasteiger partial charge in [-0.1, -0.05) is 6.92 Å². The lowest BCUT2D eigenvalue weighted by Gasteiger charge is -2.32. The zero-order valence-corrected chi connectivity index (χ0v) is 9.32. The van der Waals surface area contributed by atoms with Crippen molar-refractivity contribution in [3.05, 3.63) is 0 Å². The van der Waals surface area contributed by atoms with Crippen molar-refractivity contribution >= 4 is 5.91 Å². The van der Waals surface area contributed by atoms with Crippen LogP contribution in [0.15, 0.2) is 0 Å². The van der Waals surface area contributed by atoms with Crippen LogP contribution >= 0.6 is 0 Å². The van der Waals surface area contributed by atoms with Crippen molar-refractivity contribution in [1.29, 1.82) is 0 Å². The molecule has 2 fully saturated rings. The van der Waals surface area contributed by atoms with Crippen molar-refractivity contribution in [2.45, 2.75) is 50.9 Å². The van der Waals surface area contributed by atoms with Gasteiger partial charge in [0.25, 0.3) is 0 Å². The van der Waals surface area contributed by atoms with Crippen molar-refractivity contribution in [3.8, 4) is 0 Å². The van der Waals surface area contributed by atoms with Crippen molar-refractivity contribution in [2.24, 2.45) is 5.73 Å². The number of likely N-dealkylation sites (tertiary alicyclic amines) is 1. The third kappa shape index (κ3) is 2.49. The Balaban J connectivity index is 1.86. The van der Waals surface area contributed by atoms with Crippen LogP contribution < -0.4 is 5.73 Å². The molecule has 0 aliphatic carbocycles. The summed E-state index contributed by atoms with van der Waals surface area (Å²) >= 11 is 0. The summed E-state index contributed by atoms with van der Waals surface area (Å²) in [6, 6.07) is 0.0120. The van der Waals surface area contributed by atoms with E-state index in [1.807, 2.05) is 11.8 Å². The average Bonchev–Trinajstić information content (AvgIpc) is 2.57. The summed E-state index contributed by atoms with van der Waals surface area (Å²) in [6.07, 6.45) is 4.12. The maximum absolute atomic E-state index is 11.9. The number of amides is 1. The maximum Gasteiger partial charge on any atom is 0.224 e. The molecule has 0 spiro atoms. The molecule has 86 valence electrons. The van der Waals surface area contributed by atoms with Crippen molar-refractivity contribution < 1.29 is 9.53 Å². The molecule has 2 aliphatic rings. The van der Waals surface area contributed by atoms with Gasteiger partial charge in [-0.15, -0.1) is 0 Å². The Morgan fingerprint density at radius 2 is 2.07 bits per heavy atom. The summed E-state index contributed by atoms with van der Waals surface area (Å²) in [4.78, 5) is 13.8. The molecule has 0 aromatic carbocycles. The molecule has 2 bridgehead atoms. The number of ether oxygens (including phenoxy) is 1. The van der Waals surface area contributed by atoms with Crippen molar-refractivity contribution in [1.82, 2.24) is 4.90 Å². The average molecular weight is 212 g/mol. The number of nitrogens with zero attached hydrogens (tertiary/aromatic N) is 1. The van der Waals surface area contributed by atoms with Gasteiger partial charge in [0, 0.05) is 25.6 Å². The lowest BCUT2D eigenvalue weighted by molar-refractivity contribution is -0.140. The number of carbonyl (C=O) groups is 1. The molecular formula is C11H20N2O2. The molecule has 4 heteroatoms. The van der Waals surface area contributed by atoms with Crippen LogP contribution in [0.1, 0.15) is 32.6 Å². The van der Waals surface area contributed by atoms with Gasteiger partial charge in [-0.05, 0) is 19.3 Å². The standard InChI is InChI=1S/C11H20N2O2/c1-2-8(12)5-11(14)13-6-9-3-4-10(7-13)15-9/h8-10H,2-7,12H2,1H3. The van der Waals surface area contributed by atoms with E-state index in [1.54, 1.807) is 0 Å². The number of nitrogens with two attached hydrogens (primary N) is 1. The highest BCUT2D eigenvalue weighted by atomic mass is 16.5. The van der Waals surface area contributed by atoms with Gasteiger partial charge in [0.05, 0.1) is 12.2 Å². The van der Waals surface area contributed by atoms with E-state index in [-0.39, 0.29) is 24.2 Å². The molecule has 0 saturated carbocycles. The highest BCUT2D eigenvalue weighted by Gasteiger charge is 2.35. The monoisotopic (exact) mass is 212 g/mol. The normalized spacial score (nSPS) is 31.7. The number of hydrogen-bond donors (Lipinski definition) is 1. The topological polar surface area (TPSA) is 55.6 Å². The lowest BCUT2D eigenvalue weighted by Crippen LogP contribution is -2.47. The van der Waals surface area contributed by atoms with Crippen LogP contribution in [0.4, 0.5) is 0 Å². The van der Waals surface area contributed by atoms with Gasteiger partial charge in [0.1, 0.15) is 0 Å². The molecular weight excluding hydrogens is 192 g/mol. The highest BCUT2D eigenvalue weighted by Crippen LogP contribution is 2.26. The van der Waals surface area contributed by atoms with E-state index >= 15 is 0 Å². The largest absolute Gasteiger partial charge is 0.371 e. The first-order valence-corrected chi connectivity index (χ1v) is 5.88. The smallest absolute Gasteiger partial charge is 0.224 e. The van der Waals surface area contributed by atoms with Gasteiger partial charge in [0.2, 0.25) is 5.91 Å². The van der Waals surface area contributed by atoms with E-state index in [0.29, 0.717) is 6.42 Å². The quantitative estimate of drug-likeness (QED) is 0.741. The summed E-state index contributed by atoms with van der Waals surface area (Å²) in [7, 11) is 0. The van der Waals surface area contributed by atoms with Crippen LogP contribution in [-0.2, 0) is 9.53 Å². The number of fused-ring (bicyclic) bond motifs is 2. The molecule has 2 rings (SSSR count). The summed E-state index contributed by atoms with van der Waals surface area (Å²) in [5.74, 6) is 0.199. The van der Waals surface area contributed by atoms with Gasteiger partial charge in [-0.25, -0.2) is 0 Å². The zero-order chi connectivity index (χ0) is 10.8. The van der Waals surface area contributed by atoms with E-state index in [0.717, 1.165) is 32.4 Å². The minimum absolute atomic E-state index is 0.0120. The van der Waals surface area contributed by atoms with Crippen LogP contribution in [0.5, 0.6) is 0 Å². The second-order valence-electron chi connectivity index (χ2n) is 4.63. The van der Waals surface area contributed by atoms with Crippen LogP contribution in [-0.4, -0.2) is 42.1 Å². The SMILES string of the molecule is CCC(N)CC(=O)N1CC2CCC(C1)O2. The molecule has 1 amide bonds. The third-order valence-corrected chi connectivity index (χ3v) is 3.36. The Kier molecular flexibility index (Phi) is 3.26. The Hall–Kier alpha value is -0.610. The van der Waals surface area contributed by atoms with Crippen LogP contribution in [0.25, 0.3) is 0 Å². The zero-order valence-electron chi connectivity index (χ0n) is 9.32. The number of morpholine rings is 1. The summed E-state index contributed by atoms with van der Waals surface area (Å²) < 4.78 is 5.68. The number of carbonyl (C=O) groups excluding carboxylic acids is 1.